The van der Waals surface area contributed by atoms with Gasteiger partial charge in [-0.3, -0.25) is 4.98 Å². The Morgan fingerprint density at radius 1 is 0.479 bits per heavy atom. The number of nitrogens with zero attached hydrogens (tertiary/aromatic N) is 4. The second-order valence-electron chi connectivity index (χ2n) is 22.4. The van der Waals surface area contributed by atoms with Gasteiger partial charge in [-0.1, -0.05) is 107 Å². The molecule has 12 rings (SSSR count). The van der Waals surface area contributed by atoms with Crippen LogP contribution in [0, 0.1) is 0 Å². The Morgan fingerprint density at radius 2 is 0.936 bits per heavy atom. The first-order chi connectivity index (χ1) is 45.8. The third kappa shape index (κ3) is 20.6. The van der Waals surface area contributed by atoms with Gasteiger partial charge in [-0.15, -0.1) is 0 Å². The van der Waals surface area contributed by atoms with Crippen LogP contribution in [-0.2, 0) is 84.9 Å². The number of hydrogen-bond acceptors (Lipinski definition) is 13. The Balaban J connectivity index is 0.000000195. The molecule has 0 spiro atoms. The molecule has 0 radical (unpaired) electrons. The molecule has 6 aromatic carbocycles. The summed E-state index contributed by atoms with van der Waals surface area (Å²) < 4.78 is 63.3. The first-order valence-corrected chi connectivity index (χ1v) is 36.1. The van der Waals surface area contributed by atoms with E-state index in [1.807, 2.05) is 36.5 Å². The van der Waals surface area contributed by atoms with Crippen LogP contribution in [0.2, 0.25) is 0 Å². The minimum absolute atomic E-state index is 0. The van der Waals surface area contributed by atoms with Gasteiger partial charge in [0, 0.05) is 179 Å². The zero-order valence-electron chi connectivity index (χ0n) is 53.6. The van der Waals surface area contributed by atoms with E-state index in [0.717, 1.165) is 104 Å². The lowest BCUT2D eigenvalue weighted by molar-refractivity contribution is -0.663. The number of hydrogen-bond donors (Lipinski definition) is 2. The van der Waals surface area contributed by atoms with Crippen LogP contribution in [0.4, 0.5) is 0 Å². The van der Waals surface area contributed by atoms with Crippen molar-refractivity contribution < 1.29 is 87.6 Å². The zero-order valence-corrected chi connectivity index (χ0v) is 60.0. The minimum atomic E-state index is -0.399. The Kier molecular flexibility index (Phi) is 31.5. The fourth-order valence-electron chi connectivity index (χ4n) is 11.6. The molecule has 94 heavy (non-hydrogen) atoms. The number of alkyl halides is 1. The van der Waals surface area contributed by atoms with E-state index in [-0.39, 0.29) is 44.4 Å². The molecule has 0 unspecified atom stereocenters. The molecule has 2 aliphatic rings. The van der Waals surface area contributed by atoms with E-state index in [1.54, 1.807) is 28.4 Å². The second-order valence-corrected chi connectivity index (χ2v) is 23.0. The smallest absolute Gasteiger partial charge is 0.500 e. The molecule has 490 valence electrons. The zero-order chi connectivity index (χ0) is 65.2. The molecule has 0 amide bonds. The highest BCUT2D eigenvalue weighted by atomic mass is 80.9. The first-order valence-electron chi connectivity index (χ1n) is 31.3. The number of benzene rings is 6. The molecule has 10 aromatic rings. The van der Waals surface area contributed by atoms with Crippen LogP contribution in [-0.4, -0.2) is 125 Å². The van der Waals surface area contributed by atoms with E-state index in [0.29, 0.717) is 65.6 Å². The van der Waals surface area contributed by atoms with Crippen molar-refractivity contribution in [2.45, 2.75) is 63.9 Å². The molecule has 4 aromatic heterocycles. The van der Waals surface area contributed by atoms with E-state index in [4.69, 9.17) is 56.9 Å². The number of pyridine rings is 4. The van der Waals surface area contributed by atoms with Crippen LogP contribution < -0.4 is 52.5 Å². The van der Waals surface area contributed by atoms with Gasteiger partial charge >= 0.3 is 28.5 Å². The van der Waals surface area contributed by atoms with Crippen molar-refractivity contribution in [1.82, 2.24) is 4.98 Å². The molecule has 2 aliphatic heterocycles. The van der Waals surface area contributed by atoms with Crippen LogP contribution in [0.5, 0.6) is 0 Å². The van der Waals surface area contributed by atoms with Crippen LogP contribution >= 0.6 is 44.2 Å². The number of rotatable bonds is 25. The number of ether oxygens (including phenoxy) is 2. The highest BCUT2D eigenvalue weighted by molar-refractivity contribution is 9.93. The number of halogens is 4. The topological polar surface area (TPSA) is 157 Å². The Hall–Kier alpha value is -5.34. The highest BCUT2D eigenvalue weighted by Gasteiger charge is 2.31. The van der Waals surface area contributed by atoms with Gasteiger partial charge in [0.15, 0.2) is 38.2 Å². The van der Waals surface area contributed by atoms with Crippen molar-refractivity contribution >= 4 is 138 Å². The molecule has 0 bridgehead atoms. The van der Waals surface area contributed by atoms with Crippen LogP contribution in [0.3, 0.4) is 0 Å². The Morgan fingerprint density at radius 3 is 1.49 bits per heavy atom. The maximum absolute atomic E-state index is 9.06. The van der Waals surface area contributed by atoms with Gasteiger partial charge in [-0.25, -0.2) is 0 Å². The maximum Gasteiger partial charge on any atom is 0.500 e. The van der Waals surface area contributed by atoms with Gasteiger partial charge in [0.25, 0.3) is 0 Å². The van der Waals surface area contributed by atoms with Crippen molar-refractivity contribution in [3.05, 3.63) is 216 Å². The van der Waals surface area contributed by atoms with Gasteiger partial charge in [0.05, 0.1) is 34.9 Å². The van der Waals surface area contributed by atoms with Gasteiger partial charge in [-0.2, -0.15) is 13.7 Å². The van der Waals surface area contributed by atoms with E-state index >= 15 is 0 Å². The summed E-state index contributed by atoms with van der Waals surface area (Å²) in [4.78, 5) is 4.46. The predicted octanol–water partition coefficient (Wildman–Crippen LogP) is 5.70. The quantitative estimate of drug-likeness (QED) is 0.0237. The lowest BCUT2D eigenvalue weighted by atomic mass is 9.76. The summed E-state index contributed by atoms with van der Waals surface area (Å²) in [5.74, 6) is 0. The third-order valence-electron chi connectivity index (χ3n) is 15.9. The van der Waals surface area contributed by atoms with Gasteiger partial charge in [-0.05, 0) is 95.2 Å². The monoisotopic (exact) mass is 1530 g/mol. The van der Waals surface area contributed by atoms with Crippen molar-refractivity contribution in [2.24, 2.45) is 0 Å². The summed E-state index contributed by atoms with van der Waals surface area (Å²) in [7, 11) is 5.20. The molecule has 2 N–H and O–H groups in total. The molecule has 2 fully saturated rings. The molecule has 0 atom stereocenters. The molecule has 2 saturated heterocycles. The molecule has 24 heteroatoms. The van der Waals surface area contributed by atoms with Crippen LogP contribution in [0.1, 0.15) is 59.1 Å². The largest absolute Gasteiger partial charge is 1.00 e. The molecule has 6 heterocycles. The lowest BCUT2D eigenvalue weighted by Crippen LogP contribution is -3.00. The van der Waals surface area contributed by atoms with Crippen molar-refractivity contribution in [3.63, 3.8) is 0 Å². The average molecular weight is 1530 g/mol. The normalized spacial score (nSPS) is 12.9. The first kappa shape index (κ1) is 74.5. The van der Waals surface area contributed by atoms with Crippen LogP contribution in [0.25, 0.3) is 43.6 Å². The number of aromatic nitrogens is 4. The average Bonchev–Trinajstić information content (AvgIpc) is 0.769. The molecular formula is C70H80B4Br4N4O12+2. The second kappa shape index (κ2) is 39.8. The summed E-state index contributed by atoms with van der Waals surface area (Å²) in [5, 5.41) is 23.3. The molecular weight excluding hydrogens is 1450 g/mol. The minimum Gasteiger partial charge on any atom is -1.00 e. The Bertz CT molecular complexity index is 3970. The summed E-state index contributed by atoms with van der Waals surface area (Å²) in [6, 6.07) is 55.0. The maximum atomic E-state index is 9.06. The molecule has 0 aliphatic carbocycles. The van der Waals surface area contributed by atoms with Crippen molar-refractivity contribution in [3.8, 4) is 0 Å². The molecule has 16 nitrogen and oxygen atoms in total. The third-order valence-corrected chi connectivity index (χ3v) is 16.5. The fourth-order valence-corrected chi connectivity index (χ4v) is 12.0. The fraction of sp³-hybridized carbons (Fsp3) is 0.314. The van der Waals surface area contributed by atoms with Crippen molar-refractivity contribution in [2.75, 3.05) is 81.3 Å². The molecule has 0 saturated carbocycles. The van der Waals surface area contributed by atoms with Crippen molar-refractivity contribution in [1.29, 1.82) is 0 Å². The standard InChI is InChI=1S/C35H40B2N2O6.C21H20BN2O2.C14H20BBrO4.Br2.BrH/c1-41-36(42-2)30-11-4-9-28(21-30)23-38-15-5-12-32-33-22-31(37-44-18-7-19-45-37)25-39(35(33)14-13-34(32)38)24-27-8-3-10-29(20-27)26-43-17-6-16-40;1-25-22(26-2)17-7-3-6-16(14-17)15-24-13-5-9-19-18-8-4-12-23-20(18)10-11-21(19)24;16-10-12-7-13(11-18-4-1-3-17)9-14(8-12)15-19-5-2-6-20-15;1-2;/h3-5,8-15,20-22,25,40H,6-7,16-19,23-24,26H2,1-2H3;3-14H,15H2,1-2H3;7-9,17H,1-6,10-11H2;;1H/q+2;+1;;;/p-1. The predicted molar refractivity (Wildman–Crippen MR) is 380 cm³/mol. The lowest BCUT2D eigenvalue weighted by Gasteiger charge is -2.21. The van der Waals surface area contributed by atoms with Gasteiger partial charge in [0.1, 0.15) is 0 Å². The number of aliphatic hydroxyl groups is 2. The summed E-state index contributed by atoms with van der Waals surface area (Å²) in [6.07, 6.45) is 11.4. The summed E-state index contributed by atoms with van der Waals surface area (Å²) in [5.41, 5.74) is 15.5. The van der Waals surface area contributed by atoms with E-state index in [2.05, 4.69) is 209 Å². The van der Waals surface area contributed by atoms with E-state index in [9.17, 15) is 0 Å². The number of fused-ring (bicyclic) bond motifs is 6. The Labute approximate surface area is 587 Å². The number of aliphatic hydroxyl groups excluding tert-OH is 2. The summed E-state index contributed by atoms with van der Waals surface area (Å²) >= 11 is 8.99. The highest BCUT2D eigenvalue weighted by Crippen LogP contribution is 2.24. The SMILES string of the molecule is BrBr.COB(OC)c1cccc(C[n+]2cccc3c4cc(B5OCCCO5)c[n+](Cc5cccc(COCCCO)c5)c4ccc32)c1.COB(OC)c1cccc(C[n+]2cccc3c4cccnc4ccc32)c1.OCCCOCc1cc(CBr)cc(B2OCCCO2)c1.[Br-]. The summed E-state index contributed by atoms with van der Waals surface area (Å²) in [6.45, 7) is 7.50. The van der Waals surface area contributed by atoms with E-state index in [1.165, 1.54) is 33.0 Å². The van der Waals surface area contributed by atoms with E-state index < -0.39 is 14.2 Å². The van der Waals surface area contributed by atoms with Gasteiger partial charge in [0.2, 0.25) is 16.6 Å². The van der Waals surface area contributed by atoms with Gasteiger partial charge < -0.3 is 73.9 Å². The van der Waals surface area contributed by atoms with Crippen LogP contribution in [0.15, 0.2) is 183 Å².